The molecule has 1 fully saturated rings. The molecule has 1 N–H and O–H groups in total. The molecule has 0 radical (unpaired) electrons. The first-order valence-corrected chi connectivity index (χ1v) is 13.2. The summed E-state index contributed by atoms with van der Waals surface area (Å²) in [6.45, 7) is 3.56. The van der Waals surface area contributed by atoms with Crippen molar-refractivity contribution in [2.24, 2.45) is 4.99 Å². The zero-order valence-electron chi connectivity index (χ0n) is 22.1. The van der Waals surface area contributed by atoms with Gasteiger partial charge in [0.2, 0.25) is 0 Å². The third-order valence-electron chi connectivity index (χ3n) is 6.65. The molecule has 3 aromatic carbocycles. The van der Waals surface area contributed by atoms with Gasteiger partial charge >= 0.3 is 5.97 Å². The number of hydrogen-bond acceptors (Lipinski definition) is 4. The Balaban J connectivity index is 0.00000420. The Labute approximate surface area is 240 Å². The minimum atomic E-state index is -0.993. The molecule has 4 rings (SSSR count). The van der Waals surface area contributed by atoms with Gasteiger partial charge in [0.25, 0.3) is 0 Å². The Morgan fingerprint density at radius 2 is 1.67 bits per heavy atom. The van der Waals surface area contributed by atoms with Gasteiger partial charge in [-0.25, -0.2) is 4.79 Å². The second kappa shape index (κ2) is 15.2. The first-order chi connectivity index (χ1) is 18.6. The number of amides is 1. The minimum Gasteiger partial charge on any atom is -0.625 e. The fourth-order valence-corrected chi connectivity index (χ4v) is 4.73. The van der Waals surface area contributed by atoms with E-state index in [1.807, 2.05) is 85.8 Å². The second-order valence-corrected chi connectivity index (χ2v) is 9.39. The number of carboxylic acids is 1. The zero-order chi connectivity index (χ0) is 26.7. The van der Waals surface area contributed by atoms with Crippen LogP contribution in [0, 0.1) is 0 Å². The SMILES string of the molecule is CC/C=C/CC(N=C(c1ccccc1)c1ccccc1[N-]C(=O)C1CCCN1Cc1ccccc1)C(=O)O.[Ni]. The van der Waals surface area contributed by atoms with Crippen LogP contribution in [-0.2, 0) is 32.6 Å². The number of aliphatic carboxylic acids is 1. The van der Waals surface area contributed by atoms with Crippen LogP contribution in [0.3, 0.4) is 0 Å². The molecule has 0 spiro atoms. The molecular weight excluding hydrogens is 533 g/mol. The molecule has 1 aliphatic heterocycles. The summed E-state index contributed by atoms with van der Waals surface area (Å²) in [6.07, 6.45) is 6.62. The molecule has 1 amide bonds. The van der Waals surface area contributed by atoms with E-state index in [1.165, 1.54) is 5.56 Å². The van der Waals surface area contributed by atoms with Crippen molar-refractivity contribution in [3.63, 3.8) is 0 Å². The van der Waals surface area contributed by atoms with Gasteiger partial charge in [-0.05, 0) is 43.4 Å². The molecule has 2 unspecified atom stereocenters. The Kier molecular flexibility index (Phi) is 11.7. The van der Waals surface area contributed by atoms with Crippen LogP contribution in [0.1, 0.15) is 49.3 Å². The molecule has 3 aromatic rings. The average Bonchev–Trinajstić information content (AvgIpc) is 3.40. The smallest absolute Gasteiger partial charge is 0.328 e. The van der Waals surface area contributed by atoms with Crippen molar-refractivity contribution in [2.75, 3.05) is 6.54 Å². The van der Waals surface area contributed by atoms with Gasteiger partial charge in [-0.3, -0.25) is 9.89 Å². The fourth-order valence-electron chi connectivity index (χ4n) is 4.73. The van der Waals surface area contributed by atoms with Crippen molar-refractivity contribution in [3.8, 4) is 0 Å². The standard InChI is InChI=1S/C32H35N3O3.Ni/c1-2-3-6-20-28(32(37)38)33-30(25-16-9-5-10-17-25)26-18-11-12-19-27(26)34-31(36)29-21-13-22-35(29)23-24-14-7-4-8-15-24;/h3-12,14-19,28-29H,2,13,20-23H2,1H3,(H2,33,34,36,37,38);/p-1/b6-3+;. The quantitative estimate of drug-likeness (QED) is 0.162. The Bertz CT molecular complexity index is 1280. The molecule has 2 atom stereocenters. The number of hydrogen-bond donors (Lipinski definition) is 1. The van der Waals surface area contributed by atoms with E-state index in [2.05, 4.69) is 22.3 Å². The summed E-state index contributed by atoms with van der Waals surface area (Å²) < 4.78 is 0. The number of nitrogens with zero attached hydrogens (tertiary/aromatic N) is 3. The molecule has 1 aliphatic rings. The van der Waals surface area contributed by atoms with Crippen molar-refractivity contribution in [3.05, 3.63) is 119 Å². The van der Waals surface area contributed by atoms with Gasteiger partial charge in [-0.2, -0.15) is 0 Å². The summed E-state index contributed by atoms with van der Waals surface area (Å²) in [5.41, 5.74) is 3.61. The number of para-hydroxylation sites is 1. The molecule has 6 nitrogen and oxygen atoms in total. The maximum absolute atomic E-state index is 13.5. The van der Waals surface area contributed by atoms with Crippen LogP contribution >= 0.6 is 0 Å². The summed E-state index contributed by atoms with van der Waals surface area (Å²) in [5, 5.41) is 14.5. The predicted octanol–water partition coefficient (Wildman–Crippen LogP) is 6.53. The number of rotatable bonds is 11. The molecule has 1 saturated heterocycles. The van der Waals surface area contributed by atoms with Crippen LogP contribution in [0.25, 0.3) is 5.32 Å². The molecule has 0 aromatic heterocycles. The van der Waals surface area contributed by atoms with E-state index in [0.29, 0.717) is 23.5 Å². The predicted molar refractivity (Wildman–Crippen MR) is 152 cm³/mol. The summed E-state index contributed by atoms with van der Waals surface area (Å²) in [5.74, 6) is -1.17. The molecule has 0 bridgehead atoms. The molecule has 0 aliphatic carbocycles. The maximum atomic E-state index is 13.5. The number of carboxylic acid groups (broad SMARTS) is 1. The van der Waals surface area contributed by atoms with Crippen molar-refractivity contribution in [1.29, 1.82) is 0 Å². The molecular formula is C32H34N3NiO3-. The van der Waals surface area contributed by atoms with E-state index < -0.39 is 12.0 Å². The monoisotopic (exact) mass is 566 g/mol. The van der Waals surface area contributed by atoms with Gasteiger partial charge in [-0.1, -0.05) is 104 Å². The first-order valence-electron chi connectivity index (χ1n) is 13.2. The van der Waals surface area contributed by atoms with Gasteiger partial charge < -0.3 is 15.2 Å². The average molecular weight is 567 g/mol. The molecule has 1 heterocycles. The Morgan fingerprint density at radius 1 is 1.00 bits per heavy atom. The number of allylic oxidation sites excluding steroid dienone is 1. The molecule has 7 heteroatoms. The summed E-state index contributed by atoms with van der Waals surface area (Å²) in [7, 11) is 0. The van der Waals surface area contributed by atoms with Crippen molar-refractivity contribution in [2.45, 2.75) is 51.2 Å². The third kappa shape index (κ3) is 8.22. The first kappa shape index (κ1) is 30.0. The number of aliphatic imine (C=N–C) groups is 1. The van der Waals surface area contributed by atoms with Crippen molar-refractivity contribution in [1.82, 2.24) is 4.90 Å². The van der Waals surface area contributed by atoms with Crippen LogP contribution in [-0.4, -0.2) is 46.2 Å². The Morgan fingerprint density at radius 3 is 2.36 bits per heavy atom. The number of carbonyl (C=O) groups excluding carboxylic acids is 1. The van der Waals surface area contributed by atoms with E-state index in [-0.39, 0.29) is 34.9 Å². The maximum Gasteiger partial charge on any atom is 0.328 e. The number of carbonyl (C=O) groups is 2. The topological polar surface area (TPSA) is 84.1 Å². The van der Waals surface area contributed by atoms with Gasteiger partial charge in [0.05, 0.1) is 17.7 Å². The normalized spacial score (nSPS) is 16.5. The second-order valence-electron chi connectivity index (χ2n) is 9.39. The van der Waals surface area contributed by atoms with Gasteiger partial charge in [-0.15, -0.1) is 5.69 Å². The number of benzene rings is 3. The molecule has 39 heavy (non-hydrogen) atoms. The van der Waals surface area contributed by atoms with Crippen LogP contribution in [0.2, 0.25) is 0 Å². The summed E-state index contributed by atoms with van der Waals surface area (Å²) in [4.78, 5) is 32.5. The Hall–Kier alpha value is -3.54. The van der Waals surface area contributed by atoms with Gasteiger partial charge in [0, 0.05) is 28.6 Å². The van der Waals surface area contributed by atoms with E-state index in [4.69, 9.17) is 4.99 Å². The van der Waals surface area contributed by atoms with Crippen molar-refractivity contribution >= 4 is 23.3 Å². The summed E-state index contributed by atoms with van der Waals surface area (Å²) in [6, 6.07) is 25.8. The minimum absolute atomic E-state index is 0. The van der Waals surface area contributed by atoms with E-state index in [9.17, 15) is 14.7 Å². The number of likely N-dealkylation sites (tertiary alicyclic amines) is 1. The zero-order valence-corrected chi connectivity index (χ0v) is 23.0. The molecule has 0 saturated carbocycles. The van der Waals surface area contributed by atoms with Crippen LogP contribution in [0.15, 0.2) is 102 Å². The summed E-state index contributed by atoms with van der Waals surface area (Å²) >= 11 is 0. The van der Waals surface area contributed by atoms with Crippen LogP contribution < -0.4 is 0 Å². The third-order valence-corrected chi connectivity index (χ3v) is 6.65. The van der Waals surface area contributed by atoms with Gasteiger partial charge in [0.1, 0.15) is 0 Å². The van der Waals surface area contributed by atoms with Crippen LogP contribution in [0.4, 0.5) is 5.69 Å². The molecule has 206 valence electrons. The largest absolute Gasteiger partial charge is 0.625 e. The van der Waals surface area contributed by atoms with Crippen molar-refractivity contribution < 1.29 is 31.2 Å². The fraction of sp³-hybridized carbons (Fsp3) is 0.281. The van der Waals surface area contributed by atoms with E-state index in [0.717, 1.165) is 31.4 Å². The van der Waals surface area contributed by atoms with Crippen LogP contribution in [0.5, 0.6) is 0 Å². The van der Waals surface area contributed by atoms with E-state index >= 15 is 0 Å². The van der Waals surface area contributed by atoms with Gasteiger partial charge in [0.15, 0.2) is 6.04 Å². The van der Waals surface area contributed by atoms with E-state index in [1.54, 1.807) is 6.07 Å².